The molecule has 0 heterocycles. The van der Waals surface area contributed by atoms with Crippen LogP contribution in [-0.4, -0.2) is 32.0 Å². The van der Waals surface area contributed by atoms with Gasteiger partial charge in [-0.05, 0) is 18.6 Å². The Morgan fingerprint density at radius 3 is 2.38 bits per heavy atom. The zero-order valence-electron chi connectivity index (χ0n) is 10.9. The predicted octanol–water partition coefficient (Wildman–Crippen LogP) is 3.02. The van der Waals surface area contributed by atoms with Crippen LogP contribution < -0.4 is 5.73 Å². The van der Waals surface area contributed by atoms with Crippen LogP contribution in [0.5, 0.6) is 0 Å². The average molecular weight is 349 g/mol. The monoisotopic (exact) mass is 348 g/mol. The van der Waals surface area contributed by atoms with Crippen molar-refractivity contribution < 1.29 is 26.0 Å². The van der Waals surface area contributed by atoms with Crippen LogP contribution >= 0.6 is 11.6 Å². The van der Waals surface area contributed by atoms with Gasteiger partial charge in [0.15, 0.2) is 0 Å². The largest absolute Gasteiger partial charge is 0.402 e. The van der Waals surface area contributed by atoms with E-state index in [-0.39, 0.29) is 17.3 Å². The second-order valence-corrected chi connectivity index (χ2v) is 6.57. The first kappa shape index (κ1) is 18.0. The van der Waals surface area contributed by atoms with E-state index in [1.54, 1.807) is 0 Å². The van der Waals surface area contributed by atoms with E-state index in [0.29, 0.717) is 12.1 Å². The molecule has 1 aromatic carbocycles. The molecule has 10 heteroatoms. The molecule has 0 atom stereocenters. The number of anilines is 1. The molecule has 2 N–H and O–H groups in total. The second kappa shape index (κ2) is 6.37. The van der Waals surface area contributed by atoms with Gasteiger partial charge in [-0.25, -0.2) is 12.8 Å². The summed E-state index contributed by atoms with van der Waals surface area (Å²) in [4.78, 5) is -0.652. The highest BCUT2D eigenvalue weighted by Crippen LogP contribution is 2.30. The Morgan fingerprint density at radius 1 is 1.33 bits per heavy atom. The maximum absolute atomic E-state index is 13.2. The summed E-state index contributed by atoms with van der Waals surface area (Å²) in [6, 6.07) is 1.37. The number of hydrogen-bond donors (Lipinski definition) is 1. The average Bonchev–Trinajstić information content (AvgIpc) is 2.31. The molecule has 0 bridgehead atoms. The van der Waals surface area contributed by atoms with Crippen LogP contribution in [0, 0.1) is 5.82 Å². The zero-order chi connectivity index (χ0) is 16.4. The van der Waals surface area contributed by atoms with Gasteiger partial charge in [0, 0.05) is 6.54 Å². The molecule has 0 aliphatic rings. The number of sulfonamides is 1. The van der Waals surface area contributed by atoms with Crippen molar-refractivity contribution in [2.75, 3.05) is 18.8 Å². The molecule has 0 spiro atoms. The van der Waals surface area contributed by atoms with Gasteiger partial charge in [-0.15, -0.1) is 0 Å². The van der Waals surface area contributed by atoms with E-state index < -0.39 is 44.2 Å². The molecule has 120 valence electrons. The summed E-state index contributed by atoms with van der Waals surface area (Å²) < 4.78 is 75.4. The van der Waals surface area contributed by atoms with Gasteiger partial charge in [0.05, 0.1) is 10.7 Å². The first-order valence-electron chi connectivity index (χ1n) is 5.80. The van der Waals surface area contributed by atoms with Crippen molar-refractivity contribution in [3.63, 3.8) is 0 Å². The first-order chi connectivity index (χ1) is 9.49. The number of alkyl halides is 3. The van der Waals surface area contributed by atoms with Crippen molar-refractivity contribution in [2.45, 2.75) is 24.4 Å². The first-order valence-corrected chi connectivity index (χ1v) is 7.62. The Morgan fingerprint density at radius 2 is 1.90 bits per heavy atom. The van der Waals surface area contributed by atoms with Gasteiger partial charge in [-0.2, -0.15) is 17.5 Å². The maximum Gasteiger partial charge on any atom is 0.402 e. The van der Waals surface area contributed by atoms with E-state index in [0.717, 1.165) is 0 Å². The number of hydrogen-bond acceptors (Lipinski definition) is 3. The lowest BCUT2D eigenvalue weighted by molar-refractivity contribution is -0.136. The summed E-state index contributed by atoms with van der Waals surface area (Å²) in [6.45, 7) is -0.480. The summed E-state index contributed by atoms with van der Waals surface area (Å²) in [5.74, 6) is -0.947. The van der Waals surface area contributed by atoms with Crippen molar-refractivity contribution >= 4 is 27.3 Å². The topological polar surface area (TPSA) is 63.4 Å². The molecular formula is C11H13ClF4N2O2S. The number of nitrogens with zero attached hydrogens (tertiary/aromatic N) is 1. The van der Waals surface area contributed by atoms with Gasteiger partial charge in [-0.3, -0.25) is 0 Å². The van der Waals surface area contributed by atoms with E-state index in [9.17, 15) is 26.0 Å². The molecular weight excluding hydrogens is 336 g/mol. The second-order valence-electron chi connectivity index (χ2n) is 4.26. The zero-order valence-corrected chi connectivity index (χ0v) is 12.5. The predicted molar refractivity (Wildman–Crippen MR) is 70.9 cm³/mol. The normalized spacial score (nSPS) is 12.9. The lowest BCUT2D eigenvalue weighted by Crippen LogP contribution is -2.39. The fourth-order valence-electron chi connectivity index (χ4n) is 1.62. The highest BCUT2D eigenvalue weighted by Gasteiger charge is 2.37. The third-order valence-corrected chi connectivity index (χ3v) is 4.81. The molecule has 0 unspecified atom stereocenters. The minimum atomic E-state index is -4.71. The van der Waals surface area contributed by atoms with Crippen LogP contribution in [0.4, 0.5) is 23.2 Å². The van der Waals surface area contributed by atoms with Crippen molar-refractivity contribution in [1.82, 2.24) is 4.31 Å². The number of rotatable bonds is 5. The number of halogens is 5. The number of benzene rings is 1. The van der Waals surface area contributed by atoms with E-state index in [4.69, 9.17) is 17.3 Å². The van der Waals surface area contributed by atoms with Crippen molar-refractivity contribution in [1.29, 1.82) is 0 Å². The Hall–Kier alpha value is -1.06. The molecule has 0 aliphatic heterocycles. The molecule has 1 rings (SSSR count). The molecule has 0 saturated heterocycles. The summed E-state index contributed by atoms with van der Waals surface area (Å²) in [7, 11) is -4.53. The molecule has 0 aromatic heterocycles. The van der Waals surface area contributed by atoms with Crippen LogP contribution in [0.1, 0.15) is 13.3 Å². The summed E-state index contributed by atoms with van der Waals surface area (Å²) >= 11 is 5.62. The van der Waals surface area contributed by atoms with Crippen LogP contribution in [0.2, 0.25) is 5.02 Å². The fourth-order valence-corrected chi connectivity index (χ4v) is 3.66. The van der Waals surface area contributed by atoms with Crippen LogP contribution in [0.25, 0.3) is 0 Å². The minimum absolute atomic E-state index is 0.170. The van der Waals surface area contributed by atoms with Gasteiger partial charge in [0.1, 0.15) is 17.3 Å². The molecule has 21 heavy (non-hydrogen) atoms. The van der Waals surface area contributed by atoms with Crippen molar-refractivity contribution in [3.8, 4) is 0 Å². The molecule has 0 radical (unpaired) electrons. The highest BCUT2D eigenvalue weighted by molar-refractivity contribution is 7.89. The quantitative estimate of drug-likeness (QED) is 0.657. The van der Waals surface area contributed by atoms with Gasteiger partial charge in [0.25, 0.3) is 0 Å². The molecule has 0 amide bonds. The standard InChI is InChI=1S/C11H13ClF4N2O2S/c1-2-3-18(6-11(14,15)16)21(19,20)10-5-9(17)8(13)4-7(10)12/h4-5H,2-3,6,17H2,1H3. The summed E-state index contributed by atoms with van der Waals surface area (Å²) in [5, 5.41) is -0.523. The lowest BCUT2D eigenvalue weighted by Gasteiger charge is -2.23. The Bertz CT molecular complexity index is 619. The fraction of sp³-hybridized carbons (Fsp3) is 0.455. The Kier molecular flexibility index (Phi) is 5.46. The van der Waals surface area contributed by atoms with E-state index >= 15 is 0 Å². The molecule has 4 nitrogen and oxygen atoms in total. The number of nitrogens with two attached hydrogens (primary N) is 1. The van der Waals surface area contributed by atoms with Gasteiger partial charge < -0.3 is 5.73 Å². The van der Waals surface area contributed by atoms with E-state index in [1.165, 1.54) is 6.92 Å². The summed E-state index contributed by atoms with van der Waals surface area (Å²) in [6.07, 6.45) is -4.54. The van der Waals surface area contributed by atoms with E-state index in [1.807, 2.05) is 0 Å². The maximum atomic E-state index is 13.2. The van der Waals surface area contributed by atoms with Gasteiger partial charge >= 0.3 is 6.18 Å². The molecule has 1 aromatic rings. The Balaban J connectivity index is 3.32. The minimum Gasteiger partial charge on any atom is -0.396 e. The van der Waals surface area contributed by atoms with Gasteiger partial charge in [-0.1, -0.05) is 18.5 Å². The van der Waals surface area contributed by atoms with Crippen molar-refractivity contribution in [2.24, 2.45) is 0 Å². The Labute approximate surface area is 124 Å². The highest BCUT2D eigenvalue weighted by atomic mass is 35.5. The molecule has 0 aliphatic carbocycles. The third kappa shape index (κ3) is 4.45. The van der Waals surface area contributed by atoms with Gasteiger partial charge in [0.2, 0.25) is 10.0 Å². The summed E-state index contributed by atoms with van der Waals surface area (Å²) in [5.41, 5.74) is 4.74. The molecule has 0 saturated carbocycles. The molecule has 0 fully saturated rings. The van der Waals surface area contributed by atoms with Crippen LogP contribution in [-0.2, 0) is 10.0 Å². The SMILES string of the molecule is CCCN(CC(F)(F)F)S(=O)(=O)c1cc(N)c(F)cc1Cl. The smallest absolute Gasteiger partial charge is 0.396 e. The van der Waals surface area contributed by atoms with Crippen LogP contribution in [0.15, 0.2) is 17.0 Å². The van der Waals surface area contributed by atoms with Crippen LogP contribution in [0.3, 0.4) is 0 Å². The van der Waals surface area contributed by atoms with E-state index in [2.05, 4.69) is 0 Å². The number of nitrogen functional groups attached to an aromatic ring is 1. The lowest BCUT2D eigenvalue weighted by atomic mass is 10.3. The van der Waals surface area contributed by atoms with Crippen molar-refractivity contribution in [3.05, 3.63) is 23.0 Å². The third-order valence-electron chi connectivity index (χ3n) is 2.50.